The van der Waals surface area contributed by atoms with Gasteiger partial charge in [0.25, 0.3) is 0 Å². The van der Waals surface area contributed by atoms with Crippen LogP contribution in [-0.4, -0.2) is 51.2 Å². The van der Waals surface area contributed by atoms with Crippen LogP contribution < -0.4 is 4.74 Å². The molecule has 2 atom stereocenters. The van der Waals surface area contributed by atoms with Crippen molar-refractivity contribution in [3.8, 4) is 17.1 Å². The number of carboxylic acid groups (broad SMARTS) is 1. The second-order valence-electron chi connectivity index (χ2n) is 6.53. The summed E-state index contributed by atoms with van der Waals surface area (Å²) in [5.41, 5.74) is 0.803. The van der Waals surface area contributed by atoms with Crippen LogP contribution in [-0.2, 0) is 16.0 Å². The Morgan fingerprint density at radius 1 is 1.33 bits per heavy atom. The highest BCUT2D eigenvalue weighted by atomic mass is 16.5. The van der Waals surface area contributed by atoms with Gasteiger partial charge in [0.2, 0.25) is 17.6 Å². The minimum atomic E-state index is -0.852. The summed E-state index contributed by atoms with van der Waals surface area (Å²) in [5, 5.41) is 13.1. The molecule has 1 aromatic heterocycles. The van der Waals surface area contributed by atoms with E-state index in [2.05, 4.69) is 10.1 Å². The van der Waals surface area contributed by atoms with E-state index in [1.165, 1.54) is 0 Å². The van der Waals surface area contributed by atoms with E-state index >= 15 is 0 Å². The zero-order valence-corrected chi connectivity index (χ0v) is 15.4. The predicted octanol–water partition coefficient (Wildman–Crippen LogP) is 2.39. The smallest absolute Gasteiger partial charge is 0.308 e. The molecule has 0 spiro atoms. The van der Waals surface area contributed by atoms with Crippen LogP contribution in [0.1, 0.15) is 32.6 Å². The van der Waals surface area contributed by atoms with Gasteiger partial charge in [-0.3, -0.25) is 9.59 Å². The first-order valence-corrected chi connectivity index (χ1v) is 9.07. The highest BCUT2D eigenvalue weighted by molar-refractivity contribution is 5.79. The molecule has 2 unspecified atom stereocenters. The molecule has 0 aliphatic carbocycles. The number of carbonyl (C=O) groups excluding carboxylic acids is 1. The van der Waals surface area contributed by atoms with Crippen molar-refractivity contribution in [2.45, 2.75) is 39.2 Å². The molecule has 2 aromatic rings. The number of amides is 1. The van der Waals surface area contributed by atoms with E-state index in [0.29, 0.717) is 37.7 Å². The van der Waals surface area contributed by atoms with Gasteiger partial charge < -0.3 is 19.3 Å². The van der Waals surface area contributed by atoms with Gasteiger partial charge in [-0.2, -0.15) is 4.98 Å². The van der Waals surface area contributed by atoms with Crippen molar-refractivity contribution in [3.63, 3.8) is 0 Å². The molecule has 0 saturated carbocycles. The van der Waals surface area contributed by atoms with E-state index in [4.69, 9.17) is 9.26 Å². The molecule has 27 heavy (non-hydrogen) atoms. The highest BCUT2D eigenvalue weighted by Crippen LogP contribution is 2.25. The number of hydrogen-bond donors (Lipinski definition) is 1. The van der Waals surface area contributed by atoms with Gasteiger partial charge in [-0.05, 0) is 44.5 Å². The van der Waals surface area contributed by atoms with E-state index in [0.717, 1.165) is 11.3 Å². The number of nitrogens with zero attached hydrogens (tertiary/aromatic N) is 3. The molecule has 1 fully saturated rings. The highest BCUT2D eigenvalue weighted by Gasteiger charge is 2.37. The van der Waals surface area contributed by atoms with Crippen LogP contribution in [0.3, 0.4) is 0 Å². The average molecular weight is 373 g/mol. The number of benzene rings is 1. The third-order valence-electron chi connectivity index (χ3n) is 4.84. The van der Waals surface area contributed by atoms with Crippen molar-refractivity contribution in [1.29, 1.82) is 0 Å². The Morgan fingerprint density at radius 2 is 2.07 bits per heavy atom. The minimum absolute atomic E-state index is 0.0907. The van der Waals surface area contributed by atoms with E-state index < -0.39 is 11.9 Å². The number of aryl methyl sites for hydroxylation is 1. The Morgan fingerprint density at radius 3 is 2.70 bits per heavy atom. The Balaban J connectivity index is 1.56. The van der Waals surface area contributed by atoms with Gasteiger partial charge >= 0.3 is 5.97 Å². The van der Waals surface area contributed by atoms with Crippen LogP contribution in [0.2, 0.25) is 0 Å². The Labute approximate surface area is 157 Å². The van der Waals surface area contributed by atoms with Crippen molar-refractivity contribution in [1.82, 2.24) is 15.0 Å². The SMILES string of the molecule is CCOc1ccc(-c2noc(CCC(=O)N3CCC(C(=O)O)C3C)n2)cc1. The monoisotopic (exact) mass is 373 g/mol. The molecule has 0 bridgehead atoms. The molecule has 8 heteroatoms. The summed E-state index contributed by atoms with van der Waals surface area (Å²) < 4.78 is 10.6. The number of carboxylic acids is 1. The lowest BCUT2D eigenvalue weighted by molar-refractivity contribution is -0.143. The summed E-state index contributed by atoms with van der Waals surface area (Å²) in [4.78, 5) is 29.5. The number of aromatic nitrogens is 2. The van der Waals surface area contributed by atoms with Crippen LogP contribution in [0.15, 0.2) is 28.8 Å². The van der Waals surface area contributed by atoms with E-state index in [9.17, 15) is 14.7 Å². The van der Waals surface area contributed by atoms with Crippen LogP contribution in [0.4, 0.5) is 0 Å². The molecular weight excluding hydrogens is 350 g/mol. The van der Waals surface area contributed by atoms with Crippen molar-refractivity contribution >= 4 is 11.9 Å². The first kappa shape index (κ1) is 18.9. The number of rotatable bonds is 7. The lowest BCUT2D eigenvalue weighted by Crippen LogP contribution is -2.37. The summed E-state index contributed by atoms with van der Waals surface area (Å²) in [6.07, 6.45) is 1.02. The Kier molecular flexibility index (Phi) is 5.73. The average Bonchev–Trinajstić information content (AvgIpc) is 3.27. The predicted molar refractivity (Wildman–Crippen MR) is 96.1 cm³/mol. The van der Waals surface area contributed by atoms with Crippen LogP contribution in [0.5, 0.6) is 5.75 Å². The van der Waals surface area contributed by atoms with Gasteiger partial charge in [0, 0.05) is 31.0 Å². The minimum Gasteiger partial charge on any atom is -0.494 e. The van der Waals surface area contributed by atoms with Gasteiger partial charge in [-0.1, -0.05) is 5.16 Å². The first-order chi connectivity index (χ1) is 13.0. The topological polar surface area (TPSA) is 106 Å². The molecule has 3 rings (SSSR count). The van der Waals surface area contributed by atoms with Crippen molar-refractivity contribution in [3.05, 3.63) is 30.2 Å². The molecule has 1 aromatic carbocycles. The number of aliphatic carboxylic acids is 1. The van der Waals surface area contributed by atoms with Crippen molar-refractivity contribution in [2.75, 3.05) is 13.2 Å². The van der Waals surface area contributed by atoms with E-state index in [-0.39, 0.29) is 18.4 Å². The molecule has 1 aliphatic heterocycles. The third kappa shape index (κ3) is 4.27. The van der Waals surface area contributed by atoms with Crippen LogP contribution >= 0.6 is 0 Å². The largest absolute Gasteiger partial charge is 0.494 e. The number of ether oxygens (including phenoxy) is 1. The molecule has 2 heterocycles. The summed E-state index contributed by atoms with van der Waals surface area (Å²) in [6, 6.07) is 7.08. The van der Waals surface area contributed by atoms with Crippen LogP contribution in [0.25, 0.3) is 11.4 Å². The number of hydrogen-bond acceptors (Lipinski definition) is 6. The normalized spacial score (nSPS) is 19.3. The summed E-state index contributed by atoms with van der Waals surface area (Å²) in [5.74, 6) is 0.176. The Bertz CT molecular complexity index is 802. The molecular formula is C19H23N3O5. The molecule has 1 amide bonds. The quantitative estimate of drug-likeness (QED) is 0.794. The zero-order chi connectivity index (χ0) is 19.4. The second-order valence-corrected chi connectivity index (χ2v) is 6.53. The lowest BCUT2D eigenvalue weighted by atomic mass is 10.0. The molecule has 1 saturated heterocycles. The fourth-order valence-electron chi connectivity index (χ4n) is 3.32. The van der Waals surface area contributed by atoms with Crippen molar-refractivity contribution < 1.29 is 24.0 Å². The first-order valence-electron chi connectivity index (χ1n) is 9.07. The van der Waals surface area contributed by atoms with Gasteiger partial charge in [-0.25, -0.2) is 0 Å². The second kappa shape index (κ2) is 8.20. The molecule has 1 aliphatic rings. The van der Waals surface area contributed by atoms with E-state index in [1.807, 2.05) is 31.2 Å². The van der Waals surface area contributed by atoms with Gasteiger partial charge in [0.1, 0.15) is 5.75 Å². The fraction of sp³-hybridized carbons (Fsp3) is 0.474. The van der Waals surface area contributed by atoms with Crippen LogP contribution in [0, 0.1) is 5.92 Å². The molecule has 144 valence electrons. The van der Waals surface area contributed by atoms with Crippen molar-refractivity contribution in [2.24, 2.45) is 5.92 Å². The van der Waals surface area contributed by atoms with Gasteiger partial charge in [0.15, 0.2) is 0 Å². The number of carbonyl (C=O) groups is 2. The lowest BCUT2D eigenvalue weighted by Gasteiger charge is -2.23. The van der Waals surface area contributed by atoms with Gasteiger partial charge in [-0.15, -0.1) is 0 Å². The van der Waals surface area contributed by atoms with Gasteiger partial charge in [0.05, 0.1) is 12.5 Å². The summed E-state index contributed by atoms with van der Waals surface area (Å²) >= 11 is 0. The maximum Gasteiger partial charge on any atom is 0.308 e. The fourth-order valence-corrected chi connectivity index (χ4v) is 3.32. The maximum absolute atomic E-state index is 12.4. The summed E-state index contributed by atoms with van der Waals surface area (Å²) in [6.45, 7) is 4.77. The Hall–Kier alpha value is -2.90. The summed E-state index contributed by atoms with van der Waals surface area (Å²) in [7, 11) is 0. The molecule has 1 N–H and O–H groups in total. The number of likely N-dealkylation sites (tertiary alicyclic amines) is 1. The van der Waals surface area contributed by atoms with E-state index in [1.54, 1.807) is 11.8 Å². The maximum atomic E-state index is 12.4. The zero-order valence-electron chi connectivity index (χ0n) is 15.4. The molecule has 0 radical (unpaired) electrons. The third-order valence-corrected chi connectivity index (χ3v) is 4.84. The standard InChI is InChI=1S/C19H23N3O5/c1-3-26-14-6-4-13(5-7-14)18-20-16(27-21-18)8-9-17(23)22-11-10-15(12(22)2)19(24)25/h4-7,12,15H,3,8-11H2,1-2H3,(H,24,25). The molecule has 8 nitrogen and oxygen atoms in total.